The van der Waals surface area contributed by atoms with Gasteiger partial charge in [-0.3, -0.25) is 9.69 Å². The van der Waals surface area contributed by atoms with Gasteiger partial charge in [-0.25, -0.2) is 9.97 Å². The quantitative estimate of drug-likeness (QED) is 0.576. The fraction of sp³-hybridized carbons (Fsp3) is 0.393. The van der Waals surface area contributed by atoms with Crippen LogP contribution in [0.4, 0.5) is 5.95 Å². The standard InChI is InChI=1S/C28H33N5O/c34-27(25-8-5-18-33(21-25)28-29-14-6-15-30-28)31-19-24-7-1-2-9-26(24)23-12-10-22(11-13-23)20-32-16-3-4-17-32/h1-2,6-7,9-15,25H,3-5,8,16-21H2,(H,31,34). The second kappa shape index (κ2) is 10.8. The number of anilines is 1. The van der Waals surface area contributed by atoms with Gasteiger partial charge in [-0.15, -0.1) is 0 Å². The van der Waals surface area contributed by atoms with Crippen LogP contribution < -0.4 is 10.2 Å². The zero-order valence-corrected chi connectivity index (χ0v) is 19.7. The third-order valence-corrected chi connectivity index (χ3v) is 6.97. The van der Waals surface area contributed by atoms with Crippen molar-refractivity contribution in [3.8, 4) is 11.1 Å². The number of benzene rings is 2. The van der Waals surface area contributed by atoms with Crippen LogP contribution in [0.25, 0.3) is 11.1 Å². The number of carbonyl (C=O) groups excluding carboxylic acids is 1. The van der Waals surface area contributed by atoms with E-state index in [1.54, 1.807) is 12.4 Å². The van der Waals surface area contributed by atoms with Gasteiger partial charge in [-0.1, -0.05) is 48.5 Å². The predicted molar refractivity (Wildman–Crippen MR) is 135 cm³/mol. The normalized spacial score (nSPS) is 18.7. The van der Waals surface area contributed by atoms with Gasteiger partial charge in [0.15, 0.2) is 0 Å². The average Bonchev–Trinajstić information content (AvgIpc) is 3.42. The first-order chi connectivity index (χ1) is 16.8. The van der Waals surface area contributed by atoms with E-state index in [9.17, 15) is 4.79 Å². The molecule has 1 atom stereocenters. The molecule has 2 saturated heterocycles. The maximum atomic E-state index is 13.0. The van der Waals surface area contributed by atoms with E-state index in [1.807, 2.05) is 12.1 Å². The number of nitrogens with one attached hydrogen (secondary N) is 1. The average molecular weight is 456 g/mol. The highest BCUT2D eigenvalue weighted by Gasteiger charge is 2.27. The number of hydrogen-bond donors (Lipinski definition) is 1. The lowest BCUT2D eigenvalue weighted by atomic mass is 9.96. The van der Waals surface area contributed by atoms with Gasteiger partial charge in [0.1, 0.15) is 0 Å². The van der Waals surface area contributed by atoms with Crippen molar-refractivity contribution in [1.29, 1.82) is 0 Å². The van der Waals surface area contributed by atoms with E-state index in [-0.39, 0.29) is 11.8 Å². The fourth-order valence-corrected chi connectivity index (χ4v) is 5.10. The molecular formula is C28H33N5O. The number of nitrogens with zero attached hydrogens (tertiary/aromatic N) is 4. The number of piperidine rings is 1. The largest absolute Gasteiger partial charge is 0.352 e. The summed E-state index contributed by atoms with van der Waals surface area (Å²) in [6.45, 7) is 5.54. The van der Waals surface area contributed by atoms with Gasteiger partial charge >= 0.3 is 0 Å². The third-order valence-electron chi connectivity index (χ3n) is 6.97. The number of rotatable bonds is 7. The van der Waals surface area contributed by atoms with Crippen LogP contribution in [0, 0.1) is 5.92 Å². The molecule has 1 aromatic heterocycles. The van der Waals surface area contributed by atoms with Gasteiger partial charge in [-0.2, -0.15) is 0 Å². The van der Waals surface area contributed by atoms with Crippen LogP contribution in [0.3, 0.4) is 0 Å². The Morgan fingerprint density at radius 1 is 0.912 bits per heavy atom. The Kier molecular flexibility index (Phi) is 7.15. The lowest BCUT2D eigenvalue weighted by Crippen LogP contribution is -2.43. The molecule has 2 aromatic carbocycles. The van der Waals surface area contributed by atoms with Crippen LogP contribution in [-0.2, 0) is 17.9 Å². The Balaban J connectivity index is 1.21. The first kappa shape index (κ1) is 22.5. The smallest absolute Gasteiger partial charge is 0.225 e. The number of carbonyl (C=O) groups is 1. The Hall–Kier alpha value is -3.25. The van der Waals surface area contributed by atoms with Gasteiger partial charge in [-0.05, 0) is 67.1 Å². The fourth-order valence-electron chi connectivity index (χ4n) is 5.10. The summed E-state index contributed by atoms with van der Waals surface area (Å²) in [5.41, 5.74) is 4.88. The van der Waals surface area contributed by atoms with Gasteiger partial charge in [0.05, 0.1) is 5.92 Å². The van der Waals surface area contributed by atoms with Gasteiger partial charge < -0.3 is 10.2 Å². The minimum Gasteiger partial charge on any atom is -0.352 e. The van der Waals surface area contributed by atoms with Crippen molar-refractivity contribution in [2.24, 2.45) is 5.92 Å². The van der Waals surface area contributed by atoms with E-state index in [4.69, 9.17) is 0 Å². The Bertz CT molecular complexity index is 1080. The zero-order chi connectivity index (χ0) is 23.2. The molecular weight excluding hydrogens is 422 g/mol. The maximum absolute atomic E-state index is 13.0. The molecule has 1 amide bonds. The maximum Gasteiger partial charge on any atom is 0.225 e. The van der Waals surface area contributed by atoms with Crippen molar-refractivity contribution in [2.45, 2.75) is 38.8 Å². The molecule has 1 N–H and O–H groups in total. The summed E-state index contributed by atoms with van der Waals surface area (Å²) >= 11 is 0. The lowest BCUT2D eigenvalue weighted by Gasteiger charge is -2.32. The van der Waals surface area contributed by atoms with E-state index < -0.39 is 0 Å². The molecule has 5 rings (SSSR count). The Labute approximate surface area is 202 Å². The van der Waals surface area contributed by atoms with Crippen LogP contribution in [0.5, 0.6) is 0 Å². The number of likely N-dealkylation sites (tertiary alicyclic amines) is 1. The molecule has 6 nitrogen and oxygen atoms in total. The van der Waals surface area contributed by atoms with Gasteiger partial charge in [0, 0.05) is 38.6 Å². The summed E-state index contributed by atoms with van der Waals surface area (Å²) in [4.78, 5) is 26.4. The number of amides is 1. The van der Waals surface area contributed by atoms with E-state index in [0.717, 1.165) is 31.5 Å². The molecule has 2 aliphatic heterocycles. The van der Waals surface area contributed by atoms with E-state index in [2.05, 4.69) is 67.5 Å². The highest BCUT2D eigenvalue weighted by molar-refractivity contribution is 5.80. The van der Waals surface area contributed by atoms with Crippen LogP contribution in [0.1, 0.15) is 36.8 Å². The molecule has 3 aromatic rings. The van der Waals surface area contributed by atoms with Crippen LogP contribution in [0.2, 0.25) is 0 Å². The highest BCUT2D eigenvalue weighted by Crippen LogP contribution is 2.25. The van der Waals surface area contributed by atoms with E-state index in [0.29, 0.717) is 19.0 Å². The summed E-state index contributed by atoms with van der Waals surface area (Å²) in [5, 5.41) is 3.20. The molecule has 6 heteroatoms. The number of aromatic nitrogens is 2. The van der Waals surface area contributed by atoms with Crippen molar-refractivity contribution in [1.82, 2.24) is 20.2 Å². The first-order valence-corrected chi connectivity index (χ1v) is 12.5. The van der Waals surface area contributed by atoms with Crippen molar-refractivity contribution in [3.05, 3.63) is 78.1 Å². The topological polar surface area (TPSA) is 61.4 Å². The highest BCUT2D eigenvalue weighted by atomic mass is 16.1. The molecule has 2 aliphatic rings. The molecule has 0 aliphatic carbocycles. The van der Waals surface area contributed by atoms with Crippen LogP contribution in [0.15, 0.2) is 67.0 Å². The minimum atomic E-state index is -0.0467. The van der Waals surface area contributed by atoms with Crippen molar-refractivity contribution in [3.63, 3.8) is 0 Å². The second-order valence-electron chi connectivity index (χ2n) is 9.39. The summed E-state index contributed by atoms with van der Waals surface area (Å²) in [7, 11) is 0. The zero-order valence-electron chi connectivity index (χ0n) is 19.7. The van der Waals surface area contributed by atoms with Gasteiger partial charge in [0.25, 0.3) is 0 Å². The summed E-state index contributed by atoms with van der Waals surface area (Å²) in [5.74, 6) is 0.768. The SMILES string of the molecule is O=C(NCc1ccccc1-c1ccc(CN2CCCC2)cc1)C1CCCN(c2ncccn2)C1. The summed E-state index contributed by atoms with van der Waals surface area (Å²) < 4.78 is 0. The van der Waals surface area contributed by atoms with Crippen molar-refractivity contribution < 1.29 is 4.79 Å². The first-order valence-electron chi connectivity index (χ1n) is 12.5. The summed E-state index contributed by atoms with van der Waals surface area (Å²) in [6.07, 6.45) is 8.00. The van der Waals surface area contributed by atoms with Crippen molar-refractivity contribution in [2.75, 3.05) is 31.1 Å². The number of hydrogen-bond acceptors (Lipinski definition) is 5. The van der Waals surface area contributed by atoms with E-state index in [1.165, 1.54) is 42.6 Å². The molecule has 0 saturated carbocycles. The van der Waals surface area contributed by atoms with Crippen LogP contribution in [-0.4, -0.2) is 47.0 Å². The van der Waals surface area contributed by atoms with E-state index >= 15 is 0 Å². The van der Waals surface area contributed by atoms with Gasteiger partial charge in [0.2, 0.25) is 11.9 Å². The van der Waals surface area contributed by atoms with Crippen LogP contribution >= 0.6 is 0 Å². The molecule has 2 fully saturated rings. The summed E-state index contributed by atoms with van der Waals surface area (Å²) in [6, 6.07) is 19.1. The Morgan fingerprint density at radius 3 is 2.47 bits per heavy atom. The minimum absolute atomic E-state index is 0.0467. The molecule has 176 valence electrons. The molecule has 1 unspecified atom stereocenters. The second-order valence-corrected chi connectivity index (χ2v) is 9.39. The molecule has 0 spiro atoms. The van der Waals surface area contributed by atoms with Crippen molar-refractivity contribution >= 4 is 11.9 Å². The molecule has 3 heterocycles. The lowest BCUT2D eigenvalue weighted by molar-refractivity contribution is -0.125. The third kappa shape index (κ3) is 5.45. The molecule has 0 radical (unpaired) electrons. The Morgan fingerprint density at radius 2 is 1.68 bits per heavy atom. The monoisotopic (exact) mass is 455 g/mol. The molecule has 34 heavy (non-hydrogen) atoms. The predicted octanol–water partition coefficient (Wildman–Crippen LogP) is 4.27. The molecule has 0 bridgehead atoms.